The summed E-state index contributed by atoms with van der Waals surface area (Å²) in [5.74, 6) is 0.434. The van der Waals surface area contributed by atoms with E-state index in [1.807, 2.05) is 20.8 Å². The van der Waals surface area contributed by atoms with Crippen LogP contribution in [-0.4, -0.2) is 13.0 Å². The van der Waals surface area contributed by atoms with E-state index in [9.17, 15) is 4.79 Å². The largest absolute Gasteiger partial charge is 0.496 e. The Hall–Kier alpha value is -1.51. The van der Waals surface area contributed by atoms with E-state index in [-0.39, 0.29) is 0 Å². The van der Waals surface area contributed by atoms with Crippen molar-refractivity contribution in [1.82, 2.24) is 0 Å². The van der Waals surface area contributed by atoms with Gasteiger partial charge in [-0.1, -0.05) is 0 Å². The van der Waals surface area contributed by atoms with Crippen molar-refractivity contribution in [2.24, 2.45) is 5.73 Å². The Bertz CT molecular complexity index is 383. The molecule has 1 amide bonds. The summed E-state index contributed by atoms with van der Waals surface area (Å²) >= 11 is 0. The van der Waals surface area contributed by atoms with E-state index in [1.165, 1.54) is 0 Å². The van der Waals surface area contributed by atoms with E-state index in [0.29, 0.717) is 5.56 Å². The van der Waals surface area contributed by atoms with Crippen molar-refractivity contribution in [2.45, 2.75) is 20.8 Å². The van der Waals surface area contributed by atoms with Crippen LogP contribution in [0.1, 0.15) is 27.0 Å². The number of nitrogens with two attached hydrogens (primary N) is 1. The summed E-state index contributed by atoms with van der Waals surface area (Å²) in [5.41, 5.74) is 8.63. The Morgan fingerprint density at radius 1 is 1.29 bits per heavy atom. The van der Waals surface area contributed by atoms with Crippen molar-refractivity contribution in [3.05, 3.63) is 28.3 Å². The fourth-order valence-electron chi connectivity index (χ4n) is 1.63. The van der Waals surface area contributed by atoms with Crippen LogP contribution in [0.3, 0.4) is 0 Å². The summed E-state index contributed by atoms with van der Waals surface area (Å²) in [6, 6.07) is 1.77. The third-order valence-corrected chi connectivity index (χ3v) is 2.50. The fraction of sp³-hybridized carbons (Fsp3) is 0.364. The third kappa shape index (κ3) is 1.58. The second-order valence-electron chi connectivity index (χ2n) is 3.39. The zero-order valence-corrected chi connectivity index (χ0v) is 8.97. The van der Waals surface area contributed by atoms with Crippen molar-refractivity contribution in [1.29, 1.82) is 0 Å². The molecule has 0 aromatic heterocycles. The van der Waals surface area contributed by atoms with Crippen LogP contribution in [0.4, 0.5) is 0 Å². The average molecular weight is 193 g/mol. The molecule has 0 saturated heterocycles. The van der Waals surface area contributed by atoms with Crippen molar-refractivity contribution in [2.75, 3.05) is 7.11 Å². The molecule has 0 saturated carbocycles. The number of ether oxygens (including phenoxy) is 1. The standard InChI is InChI=1S/C11H15NO2/c1-6-5-9(11(12)13)7(2)8(3)10(6)14-4/h5H,1-4H3,(H2,12,13). The molecule has 14 heavy (non-hydrogen) atoms. The van der Waals surface area contributed by atoms with E-state index in [2.05, 4.69) is 0 Å². The lowest BCUT2D eigenvalue weighted by Gasteiger charge is -2.13. The summed E-state index contributed by atoms with van der Waals surface area (Å²) in [6.07, 6.45) is 0. The summed E-state index contributed by atoms with van der Waals surface area (Å²) in [7, 11) is 1.62. The lowest BCUT2D eigenvalue weighted by molar-refractivity contribution is 0.0999. The van der Waals surface area contributed by atoms with Crippen LogP contribution < -0.4 is 10.5 Å². The van der Waals surface area contributed by atoms with Gasteiger partial charge in [-0.2, -0.15) is 0 Å². The zero-order chi connectivity index (χ0) is 10.9. The number of aryl methyl sites for hydroxylation is 1. The lowest BCUT2D eigenvalue weighted by atomic mass is 9.98. The Kier molecular flexibility index (Phi) is 2.79. The minimum absolute atomic E-state index is 0.392. The van der Waals surface area contributed by atoms with Gasteiger partial charge in [-0.25, -0.2) is 0 Å². The Morgan fingerprint density at radius 3 is 2.29 bits per heavy atom. The second-order valence-corrected chi connectivity index (χ2v) is 3.39. The van der Waals surface area contributed by atoms with Crippen molar-refractivity contribution < 1.29 is 9.53 Å². The second kappa shape index (κ2) is 3.70. The van der Waals surface area contributed by atoms with Crippen LogP contribution in [0.15, 0.2) is 6.07 Å². The van der Waals surface area contributed by atoms with Crippen LogP contribution >= 0.6 is 0 Å². The number of carbonyl (C=O) groups excluding carboxylic acids is 1. The number of rotatable bonds is 2. The van der Waals surface area contributed by atoms with Gasteiger partial charge in [-0.15, -0.1) is 0 Å². The SMILES string of the molecule is COc1c(C)cc(C(N)=O)c(C)c1C. The highest BCUT2D eigenvalue weighted by atomic mass is 16.5. The molecule has 0 bridgehead atoms. The molecule has 0 radical (unpaired) electrons. The van der Waals surface area contributed by atoms with E-state index in [1.54, 1.807) is 13.2 Å². The third-order valence-electron chi connectivity index (χ3n) is 2.50. The normalized spacial score (nSPS) is 10.0. The smallest absolute Gasteiger partial charge is 0.248 e. The van der Waals surface area contributed by atoms with Crippen molar-refractivity contribution in [3.8, 4) is 5.75 Å². The number of primary amides is 1. The van der Waals surface area contributed by atoms with Gasteiger partial charge in [0, 0.05) is 5.56 Å². The first-order chi connectivity index (χ1) is 6.49. The number of carbonyl (C=O) groups is 1. The molecule has 0 aliphatic carbocycles. The maximum Gasteiger partial charge on any atom is 0.248 e. The van der Waals surface area contributed by atoms with Gasteiger partial charge in [-0.05, 0) is 43.5 Å². The van der Waals surface area contributed by atoms with Gasteiger partial charge in [0.05, 0.1) is 7.11 Å². The summed E-state index contributed by atoms with van der Waals surface area (Å²) in [6.45, 7) is 5.70. The van der Waals surface area contributed by atoms with Crippen LogP contribution in [0, 0.1) is 20.8 Å². The van der Waals surface area contributed by atoms with Gasteiger partial charge in [0.25, 0.3) is 0 Å². The molecule has 0 aliphatic heterocycles. The molecule has 0 atom stereocenters. The fourth-order valence-corrected chi connectivity index (χ4v) is 1.63. The molecule has 1 aromatic carbocycles. The van der Waals surface area contributed by atoms with E-state index >= 15 is 0 Å². The summed E-state index contributed by atoms with van der Waals surface area (Å²) < 4.78 is 5.24. The molecule has 0 spiro atoms. The highest BCUT2D eigenvalue weighted by molar-refractivity contribution is 5.95. The zero-order valence-electron chi connectivity index (χ0n) is 8.97. The van der Waals surface area contributed by atoms with Crippen LogP contribution in [0.5, 0.6) is 5.75 Å². The first-order valence-electron chi connectivity index (χ1n) is 4.43. The number of hydrogen-bond acceptors (Lipinski definition) is 2. The van der Waals surface area contributed by atoms with Crippen molar-refractivity contribution >= 4 is 5.91 Å². The van der Waals surface area contributed by atoms with Gasteiger partial charge >= 0.3 is 0 Å². The van der Waals surface area contributed by atoms with Crippen molar-refractivity contribution in [3.63, 3.8) is 0 Å². The Labute approximate surface area is 83.9 Å². The molecule has 0 aliphatic rings. The topological polar surface area (TPSA) is 52.3 Å². The monoisotopic (exact) mass is 193 g/mol. The number of hydrogen-bond donors (Lipinski definition) is 1. The van der Waals surface area contributed by atoms with E-state index < -0.39 is 5.91 Å². The summed E-state index contributed by atoms with van der Waals surface area (Å²) in [5, 5.41) is 0. The van der Waals surface area contributed by atoms with Crippen LogP contribution in [0.2, 0.25) is 0 Å². The van der Waals surface area contributed by atoms with E-state index in [0.717, 1.165) is 22.4 Å². The van der Waals surface area contributed by atoms with Gasteiger partial charge in [-0.3, -0.25) is 4.79 Å². The molecule has 1 aromatic rings. The molecule has 0 unspecified atom stereocenters. The molecule has 3 heteroatoms. The molecule has 0 fully saturated rings. The molecule has 1 rings (SSSR count). The number of methoxy groups -OCH3 is 1. The van der Waals surface area contributed by atoms with Gasteiger partial charge < -0.3 is 10.5 Å². The first-order valence-corrected chi connectivity index (χ1v) is 4.43. The highest BCUT2D eigenvalue weighted by Crippen LogP contribution is 2.28. The van der Waals surface area contributed by atoms with Crippen LogP contribution in [0.25, 0.3) is 0 Å². The molecule has 2 N–H and O–H groups in total. The molecule has 3 nitrogen and oxygen atoms in total. The molecule has 0 heterocycles. The van der Waals surface area contributed by atoms with Crippen LogP contribution in [-0.2, 0) is 0 Å². The minimum Gasteiger partial charge on any atom is -0.496 e. The predicted molar refractivity (Wildman–Crippen MR) is 55.7 cm³/mol. The lowest BCUT2D eigenvalue weighted by Crippen LogP contribution is -2.14. The maximum absolute atomic E-state index is 11.1. The summed E-state index contributed by atoms with van der Waals surface area (Å²) in [4.78, 5) is 11.1. The molecular weight excluding hydrogens is 178 g/mol. The Morgan fingerprint density at radius 2 is 1.86 bits per heavy atom. The first kappa shape index (κ1) is 10.6. The quantitative estimate of drug-likeness (QED) is 0.777. The predicted octanol–water partition coefficient (Wildman–Crippen LogP) is 1.72. The number of amides is 1. The molecular formula is C11H15NO2. The maximum atomic E-state index is 11.1. The average Bonchev–Trinajstić information content (AvgIpc) is 2.12. The minimum atomic E-state index is -0.392. The Balaban J connectivity index is 3.47. The number of benzene rings is 1. The van der Waals surface area contributed by atoms with Gasteiger partial charge in [0.1, 0.15) is 5.75 Å². The highest BCUT2D eigenvalue weighted by Gasteiger charge is 2.13. The van der Waals surface area contributed by atoms with E-state index in [4.69, 9.17) is 10.5 Å². The van der Waals surface area contributed by atoms with Gasteiger partial charge in [0.2, 0.25) is 5.91 Å². The molecule has 76 valence electrons. The van der Waals surface area contributed by atoms with Gasteiger partial charge in [0.15, 0.2) is 0 Å².